The van der Waals surface area contributed by atoms with E-state index in [-0.39, 0.29) is 0 Å². The van der Waals surface area contributed by atoms with E-state index in [9.17, 15) is 0 Å². The van der Waals surface area contributed by atoms with Gasteiger partial charge in [-0.3, -0.25) is 4.98 Å². The van der Waals surface area contributed by atoms with Crippen molar-refractivity contribution in [3.63, 3.8) is 0 Å². The molecule has 0 aliphatic heterocycles. The minimum atomic E-state index is -0.546. The molecule has 0 amide bonds. The molecular weight excluding hydrogens is 813 g/mol. The second kappa shape index (κ2) is 16.9. The molecule has 0 spiro atoms. The monoisotopic (exact) mass is 854 g/mol. The molecule has 0 saturated heterocycles. The summed E-state index contributed by atoms with van der Waals surface area (Å²) in [7, 11) is 0. The van der Waals surface area contributed by atoms with Crippen LogP contribution in [0.25, 0.3) is 89.8 Å². The SMILES string of the molecule is c1ccc(-c2ccc(-c3nc(-c4ccc(-c5ccc(-c6ccc(-c7cccnc7)cc6)cc5)cc4)nc(-c4cccc5c4-c4ccccc4C5(c4ccccc4)c4ccccc4)n3)cc2)cc1. The van der Waals surface area contributed by atoms with Crippen molar-refractivity contribution in [1.82, 2.24) is 19.9 Å². The first-order chi connectivity index (χ1) is 33.2. The van der Waals surface area contributed by atoms with Gasteiger partial charge < -0.3 is 0 Å². The highest BCUT2D eigenvalue weighted by atomic mass is 15.0. The van der Waals surface area contributed by atoms with E-state index in [4.69, 9.17) is 15.0 Å². The van der Waals surface area contributed by atoms with E-state index in [0.717, 1.165) is 55.6 Å². The maximum Gasteiger partial charge on any atom is 0.164 e. The van der Waals surface area contributed by atoms with Gasteiger partial charge in [0.1, 0.15) is 0 Å². The lowest BCUT2D eigenvalue weighted by molar-refractivity contribution is 0.768. The second-order valence-electron chi connectivity index (χ2n) is 17.0. The van der Waals surface area contributed by atoms with Gasteiger partial charge in [0, 0.05) is 29.1 Å². The lowest BCUT2D eigenvalue weighted by atomic mass is 9.67. The highest BCUT2D eigenvalue weighted by Gasteiger charge is 2.47. The number of benzene rings is 9. The number of fused-ring (bicyclic) bond motifs is 3. The highest BCUT2D eigenvalue weighted by Crippen LogP contribution is 2.58. The predicted octanol–water partition coefficient (Wildman–Crippen LogP) is 15.3. The number of pyridine rings is 1. The zero-order chi connectivity index (χ0) is 44.6. The molecule has 2 heterocycles. The van der Waals surface area contributed by atoms with E-state index < -0.39 is 5.41 Å². The second-order valence-corrected chi connectivity index (χ2v) is 17.0. The highest BCUT2D eigenvalue weighted by molar-refractivity contribution is 5.94. The Kier molecular flexibility index (Phi) is 10.0. The molecular formula is C63H42N4. The van der Waals surface area contributed by atoms with Crippen LogP contribution < -0.4 is 0 Å². The van der Waals surface area contributed by atoms with Crippen molar-refractivity contribution in [2.24, 2.45) is 0 Å². The maximum absolute atomic E-state index is 5.36. The number of aromatic nitrogens is 4. The van der Waals surface area contributed by atoms with E-state index in [2.05, 4.69) is 236 Å². The fourth-order valence-electron chi connectivity index (χ4n) is 9.93. The average molecular weight is 855 g/mol. The summed E-state index contributed by atoms with van der Waals surface area (Å²) in [6, 6.07) is 86.3. The van der Waals surface area contributed by atoms with Gasteiger partial charge in [0.2, 0.25) is 0 Å². The smallest absolute Gasteiger partial charge is 0.164 e. The van der Waals surface area contributed by atoms with Gasteiger partial charge in [-0.15, -0.1) is 0 Å². The van der Waals surface area contributed by atoms with Gasteiger partial charge in [0.05, 0.1) is 5.41 Å². The molecule has 0 bridgehead atoms. The summed E-state index contributed by atoms with van der Waals surface area (Å²) in [5.74, 6) is 1.86. The van der Waals surface area contributed by atoms with Crippen LogP contribution in [0.4, 0.5) is 0 Å². The zero-order valence-electron chi connectivity index (χ0n) is 36.5. The van der Waals surface area contributed by atoms with E-state index in [0.29, 0.717) is 17.5 Å². The normalized spacial score (nSPS) is 12.3. The molecule has 11 aromatic rings. The zero-order valence-corrected chi connectivity index (χ0v) is 36.5. The minimum Gasteiger partial charge on any atom is -0.264 e. The molecule has 4 heteroatoms. The van der Waals surface area contributed by atoms with Gasteiger partial charge in [-0.2, -0.15) is 0 Å². The average Bonchev–Trinajstić information content (AvgIpc) is 3.73. The molecule has 1 aliphatic carbocycles. The largest absolute Gasteiger partial charge is 0.264 e. The van der Waals surface area contributed by atoms with Crippen LogP contribution in [0, 0.1) is 0 Å². The first-order valence-corrected chi connectivity index (χ1v) is 22.7. The van der Waals surface area contributed by atoms with Crippen molar-refractivity contribution >= 4 is 0 Å². The molecule has 0 atom stereocenters. The maximum atomic E-state index is 5.36. The molecule has 4 nitrogen and oxygen atoms in total. The Hall–Kier alpha value is -8.86. The number of hydrogen-bond acceptors (Lipinski definition) is 4. The van der Waals surface area contributed by atoms with Crippen LogP contribution in [0.1, 0.15) is 22.3 Å². The predicted molar refractivity (Wildman–Crippen MR) is 273 cm³/mol. The fourth-order valence-corrected chi connectivity index (χ4v) is 9.93. The third-order valence-corrected chi connectivity index (χ3v) is 13.2. The number of hydrogen-bond donors (Lipinski definition) is 0. The van der Waals surface area contributed by atoms with Crippen molar-refractivity contribution in [2.45, 2.75) is 5.41 Å². The topological polar surface area (TPSA) is 51.6 Å². The van der Waals surface area contributed by atoms with Crippen LogP contribution in [-0.2, 0) is 5.41 Å². The Bertz CT molecular complexity index is 3460. The molecule has 9 aromatic carbocycles. The Morgan fingerprint density at radius 3 is 1.12 bits per heavy atom. The first-order valence-electron chi connectivity index (χ1n) is 22.7. The van der Waals surface area contributed by atoms with Gasteiger partial charge in [0.25, 0.3) is 0 Å². The Morgan fingerprint density at radius 2 is 0.627 bits per heavy atom. The van der Waals surface area contributed by atoms with E-state index >= 15 is 0 Å². The van der Waals surface area contributed by atoms with Crippen LogP contribution >= 0.6 is 0 Å². The Labute approximate surface area is 390 Å². The molecule has 67 heavy (non-hydrogen) atoms. The van der Waals surface area contributed by atoms with E-state index in [1.807, 2.05) is 18.3 Å². The molecule has 314 valence electrons. The third-order valence-electron chi connectivity index (χ3n) is 13.2. The molecule has 0 N–H and O–H groups in total. The van der Waals surface area contributed by atoms with Gasteiger partial charge in [-0.1, -0.05) is 237 Å². The van der Waals surface area contributed by atoms with Crippen molar-refractivity contribution in [1.29, 1.82) is 0 Å². The van der Waals surface area contributed by atoms with Crippen molar-refractivity contribution in [2.75, 3.05) is 0 Å². The van der Waals surface area contributed by atoms with Crippen LogP contribution in [0.15, 0.2) is 255 Å². The summed E-state index contributed by atoms with van der Waals surface area (Å²) in [5.41, 5.74) is 18.6. The van der Waals surface area contributed by atoms with E-state index in [1.165, 1.54) is 38.9 Å². The molecule has 1 aliphatic rings. The summed E-state index contributed by atoms with van der Waals surface area (Å²) in [4.78, 5) is 20.2. The van der Waals surface area contributed by atoms with Crippen molar-refractivity contribution in [3.8, 4) is 89.8 Å². The summed E-state index contributed by atoms with van der Waals surface area (Å²) in [6.07, 6.45) is 3.70. The fraction of sp³-hybridized carbons (Fsp3) is 0.0159. The standard InChI is InChI=1S/C63H42N4/c1-4-14-43(15-5-1)44-33-37-50(38-34-44)60-65-61(51-39-35-48(36-40-51)46-27-25-45(26-28-46)47-29-31-49(32-30-47)52-16-13-41-64-42-52)67-62(66-60)56-22-12-24-58-59(56)55-21-10-11-23-57(55)63(58,53-17-6-2-7-18-53)54-19-8-3-9-20-54/h1-42H. The summed E-state index contributed by atoms with van der Waals surface area (Å²) in [6.45, 7) is 0. The molecule has 0 fully saturated rings. The summed E-state index contributed by atoms with van der Waals surface area (Å²) < 4.78 is 0. The van der Waals surface area contributed by atoms with Crippen molar-refractivity contribution < 1.29 is 0 Å². The van der Waals surface area contributed by atoms with Gasteiger partial charge in [-0.25, -0.2) is 15.0 Å². The van der Waals surface area contributed by atoms with Gasteiger partial charge >= 0.3 is 0 Å². The molecule has 12 rings (SSSR count). The molecule has 0 radical (unpaired) electrons. The lowest BCUT2D eigenvalue weighted by Gasteiger charge is -2.33. The quantitative estimate of drug-likeness (QED) is 0.145. The van der Waals surface area contributed by atoms with Crippen LogP contribution in [-0.4, -0.2) is 19.9 Å². The number of nitrogens with zero attached hydrogens (tertiary/aromatic N) is 4. The Morgan fingerprint density at radius 1 is 0.254 bits per heavy atom. The van der Waals surface area contributed by atoms with Crippen molar-refractivity contribution in [3.05, 3.63) is 277 Å². The van der Waals surface area contributed by atoms with Gasteiger partial charge in [-0.05, 0) is 84.0 Å². The van der Waals surface area contributed by atoms with Crippen LogP contribution in [0.5, 0.6) is 0 Å². The van der Waals surface area contributed by atoms with E-state index in [1.54, 1.807) is 6.20 Å². The lowest BCUT2D eigenvalue weighted by Crippen LogP contribution is -2.28. The summed E-state index contributed by atoms with van der Waals surface area (Å²) >= 11 is 0. The first kappa shape index (κ1) is 39.7. The third kappa shape index (κ3) is 7.13. The van der Waals surface area contributed by atoms with Gasteiger partial charge in [0.15, 0.2) is 17.5 Å². The number of rotatable bonds is 9. The molecule has 2 aromatic heterocycles. The van der Waals surface area contributed by atoms with Crippen LogP contribution in [0.2, 0.25) is 0 Å². The molecule has 0 saturated carbocycles. The Balaban J connectivity index is 0.956. The van der Waals surface area contributed by atoms with Crippen LogP contribution in [0.3, 0.4) is 0 Å². The molecule has 0 unspecified atom stereocenters. The summed E-state index contributed by atoms with van der Waals surface area (Å²) in [5, 5.41) is 0. The minimum absolute atomic E-state index is 0.546.